The molecule has 0 radical (unpaired) electrons. The monoisotopic (exact) mass is 341 g/mol. The van der Waals surface area contributed by atoms with Gasteiger partial charge in [-0.3, -0.25) is 4.79 Å². The summed E-state index contributed by atoms with van der Waals surface area (Å²) in [5, 5.41) is 10.7. The van der Waals surface area contributed by atoms with Crippen molar-refractivity contribution >= 4 is 17.6 Å². The molecule has 1 N–H and O–H groups in total. The van der Waals surface area contributed by atoms with Crippen LogP contribution in [0, 0.1) is 5.92 Å². The molecule has 128 valence electrons. The van der Waals surface area contributed by atoms with Gasteiger partial charge in [-0.05, 0) is 51.1 Å². The van der Waals surface area contributed by atoms with Crippen LogP contribution in [0.15, 0.2) is 24.3 Å². The molecule has 0 spiro atoms. The van der Waals surface area contributed by atoms with Crippen molar-refractivity contribution in [3.8, 4) is 5.75 Å². The average Bonchev–Trinajstić information content (AvgIpc) is 2.54. The molecule has 1 fully saturated rings. The van der Waals surface area contributed by atoms with Crippen LogP contribution in [0.4, 0.5) is 0 Å². The van der Waals surface area contributed by atoms with Crippen molar-refractivity contribution in [2.24, 2.45) is 5.92 Å². The van der Waals surface area contributed by atoms with Gasteiger partial charge in [0.1, 0.15) is 18.5 Å². The maximum absolute atomic E-state index is 11.7. The van der Waals surface area contributed by atoms with Gasteiger partial charge in [-0.1, -0.05) is 17.7 Å². The summed E-state index contributed by atoms with van der Waals surface area (Å²) in [6.45, 7) is 4.59. The fraction of sp³-hybridized carbons (Fsp3) is 0.588. The molecule has 0 bridgehead atoms. The zero-order valence-corrected chi connectivity index (χ0v) is 14.2. The zero-order chi connectivity index (χ0) is 16.7. The molecule has 1 heterocycles. The molecule has 0 aliphatic carbocycles. The highest BCUT2D eigenvalue weighted by Crippen LogP contribution is 2.20. The van der Waals surface area contributed by atoms with Crippen molar-refractivity contribution in [3.05, 3.63) is 29.3 Å². The Kier molecular flexibility index (Phi) is 7.15. The van der Waals surface area contributed by atoms with Crippen LogP contribution in [0.2, 0.25) is 5.02 Å². The number of carbonyl (C=O) groups excluding carboxylic acids is 1. The second kappa shape index (κ2) is 9.11. The number of nitrogens with zero attached hydrogens (tertiary/aromatic N) is 1. The van der Waals surface area contributed by atoms with Gasteiger partial charge < -0.3 is 19.5 Å². The second-order valence-corrected chi connectivity index (χ2v) is 6.19. The Balaban J connectivity index is 1.68. The summed E-state index contributed by atoms with van der Waals surface area (Å²) >= 11 is 5.89. The summed E-state index contributed by atoms with van der Waals surface area (Å²) < 4.78 is 10.6. The van der Waals surface area contributed by atoms with Crippen molar-refractivity contribution < 1.29 is 19.4 Å². The molecule has 0 amide bonds. The van der Waals surface area contributed by atoms with Crippen LogP contribution < -0.4 is 4.74 Å². The van der Waals surface area contributed by atoms with Crippen LogP contribution >= 0.6 is 11.6 Å². The van der Waals surface area contributed by atoms with Gasteiger partial charge in [0.15, 0.2) is 0 Å². The molecule has 5 nitrogen and oxygen atoms in total. The lowest BCUT2D eigenvalue weighted by Crippen LogP contribution is -2.42. The van der Waals surface area contributed by atoms with E-state index in [9.17, 15) is 9.90 Å². The van der Waals surface area contributed by atoms with Gasteiger partial charge in [-0.2, -0.15) is 0 Å². The molecule has 2 rings (SSSR count). The molecule has 1 unspecified atom stereocenters. The maximum Gasteiger partial charge on any atom is 0.309 e. The number of likely N-dealkylation sites (tertiary alicyclic amines) is 1. The van der Waals surface area contributed by atoms with Crippen molar-refractivity contribution in [1.29, 1.82) is 0 Å². The Morgan fingerprint density at radius 1 is 1.43 bits per heavy atom. The summed E-state index contributed by atoms with van der Waals surface area (Å²) in [4.78, 5) is 13.8. The van der Waals surface area contributed by atoms with Gasteiger partial charge in [0.2, 0.25) is 0 Å². The standard InChI is InChI=1S/C17H24ClNO4/c1-2-22-17(21)13-6-8-19(9-7-13)11-15(20)12-23-16-5-3-4-14(18)10-16/h3-5,10,13,15,20H,2,6-9,11-12H2,1H3. The fourth-order valence-corrected chi connectivity index (χ4v) is 2.89. The van der Waals surface area contributed by atoms with Crippen molar-refractivity contribution in [2.75, 3.05) is 32.8 Å². The molecular weight excluding hydrogens is 318 g/mol. The third-order valence-electron chi connectivity index (χ3n) is 3.91. The average molecular weight is 342 g/mol. The van der Waals surface area contributed by atoms with Gasteiger partial charge in [-0.15, -0.1) is 0 Å². The Morgan fingerprint density at radius 2 is 2.17 bits per heavy atom. The number of hydrogen-bond donors (Lipinski definition) is 1. The normalized spacial score (nSPS) is 17.7. The number of esters is 1. The lowest BCUT2D eigenvalue weighted by atomic mass is 9.97. The molecular formula is C17H24ClNO4. The number of ether oxygens (including phenoxy) is 2. The highest BCUT2D eigenvalue weighted by atomic mass is 35.5. The first-order valence-electron chi connectivity index (χ1n) is 8.04. The van der Waals surface area contributed by atoms with Crippen molar-refractivity contribution in [2.45, 2.75) is 25.9 Å². The van der Waals surface area contributed by atoms with Gasteiger partial charge in [0.25, 0.3) is 0 Å². The smallest absolute Gasteiger partial charge is 0.309 e. The van der Waals surface area contributed by atoms with E-state index in [2.05, 4.69) is 4.90 Å². The van der Waals surface area contributed by atoms with Crippen LogP contribution in [0.1, 0.15) is 19.8 Å². The molecule has 1 aliphatic rings. The number of β-amino-alcohol motifs (C(OH)–C–C–N with tert-alkyl or cyclic N) is 1. The third kappa shape index (κ3) is 6.01. The second-order valence-electron chi connectivity index (χ2n) is 5.75. The van der Waals surface area contributed by atoms with Crippen LogP contribution in [-0.4, -0.2) is 54.9 Å². The summed E-state index contributed by atoms with van der Waals surface area (Å²) in [5.74, 6) is 0.542. The number of aliphatic hydroxyl groups excluding tert-OH is 1. The number of rotatable bonds is 7. The first kappa shape index (κ1) is 18.0. The Bertz CT molecular complexity index is 503. The lowest BCUT2D eigenvalue weighted by Gasteiger charge is -2.32. The number of hydrogen-bond acceptors (Lipinski definition) is 5. The van der Waals surface area contributed by atoms with E-state index in [0.29, 0.717) is 23.9 Å². The maximum atomic E-state index is 11.7. The Hall–Kier alpha value is -1.30. The first-order chi connectivity index (χ1) is 11.1. The Morgan fingerprint density at radius 3 is 2.83 bits per heavy atom. The van der Waals surface area contributed by atoms with E-state index in [0.717, 1.165) is 25.9 Å². The molecule has 6 heteroatoms. The van der Waals surface area contributed by atoms with Crippen LogP contribution in [0.25, 0.3) is 0 Å². The van der Waals surface area contributed by atoms with E-state index in [1.807, 2.05) is 19.1 Å². The quantitative estimate of drug-likeness (QED) is 0.771. The highest BCUT2D eigenvalue weighted by Gasteiger charge is 2.26. The number of piperidine rings is 1. The summed E-state index contributed by atoms with van der Waals surface area (Å²) in [5.41, 5.74) is 0. The van der Waals surface area contributed by atoms with Gasteiger partial charge >= 0.3 is 5.97 Å². The predicted octanol–water partition coefficient (Wildman–Crippen LogP) is 2.35. The molecule has 23 heavy (non-hydrogen) atoms. The van der Waals surface area contributed by atoms with Crippen LogP contribution in [-0.2, 0) is 9.53 Å². The van der Waals surface area contributed by atoms with Crippen LogP contribution in [0.5, 0.6) is 5.75 Å². The van der Waals surface area contributed by atoms with Crippen molar-refractivity contribution in [3.63, 3.8) is 0 Å². The molecule has 1 aromatic carbocycles. The van der Waals surface area contributed by atoms with Gasteiger partial charge in [0.05, 0.1) is 12.5 Å². The molecule has 0 saturated carbocycles. The molecule has 1 aliphatic heterocycles. The Labute approximate surface area is 142 Å². The largest absolute Gasteiger partial charge is 0.491 e. The summed E-state index contributed by atoms with van der Waals surface area (Å²) in [6.07, 6.45) is 0.981. The minimum Gasteiger partial charge on any atom is -0.491 e. The van der Waals surface area contributed by atoms with Gasteiger partial charge in [-0.25, -0.2) is 0 Å². The van der Waals surface area contributed by atoms with Gasteiger partial charge in [0, 0.05) is 11.6 Å². The fourth-order valence-electron chi connectivity index (χ4n) is 2.71. The SMILES string of the molecule is CCOC(=O)C1CCN(CC(O)COc2cccc(Cl)c2)CC1. The zero-order valence-electron chi connectivity index (χ0n) is 13.4. The summed E-state index contributed by atoms with van der Waals surface area (Å²) in [7, 11) is 0. The molecule has 1 saturated heterocycles. The summed E-state index contributed by atoms with van der Waals surface area (Å²) in [6, 6.07) is 7.12. The number of aliphatic hydroxyl groups is 1. The van der Waals surface area contributed by atoms with E-state index >= 15 is 0 Å². The van der Waals surface area contributed by atoms with E-state index in [4.69, 9.17) is 21.1 Å². The number of carbonyl (C=O) groups is 1. The highest BCUT2D eigenvalue weighted by molar-refractivity contribution is 6.30. The lowest BCUT2D eigenvalue weighted by molar-refractivity contribution is -0.149. The third-order valence-corrected chi connectivity index (χ3v) is 4.15. The van der Waals surface area contributed by atoms with E-state index in [1.54, 1.807) is 12.1 Å². The minimum atomic E-state index is -0.576. The molecule has 1 aromatic rings. The molecule has 0 aromatic heterocycles. The topological polar surface area (TPSA) is 59.0 Å². The predicted molar refractivity (Wildman–Crippen MR) is 88.8 cm³/mol. The minimum absolute atomic E-state index is 0.00828. The number of halogens is 1. The van der Waals surface area contributed by atoms with E-state index < -0.39 is 6.10 Å². The van der Waals surface area contributed by atoms with Crippen LogP contribution in [0.3, 0.4) is 0 Å². The van der Waals surface area contributed by atoms with E-state index in [1.165, 1.54) is 0 Å². The number of benzene rings is 1. The molecule has 1 atom stereocenters. The van der Waals surface area contributed by atoms with E-state index in [-0.39, 0.29) is 18.5 Å². The van der Waals surface area contributed by atoms with Crippen molar-refractivity contribution in [1.82, 2.24) is 4.90 Å². The first-order valence-corrected chi connectivity index (χ1v) is 8.41.